The molecule has 2 heterocycles. The third-order valence-electron chi connectivity index (χ3n) is 3.29. The zero-order valence-corrected chi connectivity index (χ0v) is 12.9. The van der Waals surface area contributed by atoms with Crippen LogP contribution in [-0.2, 0) is 6.42 Å². The van der Waals surface area contributed by atoms with Gasteiger partial charge in [0.15, 0.2) is 5.13 Å². The van der Waals surface area contributed by atoms with Crippen molar-refractivity contribution in [1.29, 1.82) is 0 Å². The molecular formula is C15H16N4O2S. The van der Waals surface area contributed by atoms with Gasteiger partial charge in [0.25, 0.3) is 5.56 Å². The van der Waals surface area contributed by atoms with E-state index in [1.165, 1.54) is 11.3 Å². The molecule has 3 N–H and O–H groups in total. The van der Waals surface area contributed by atoms with Crippen LogP contribution in [0.1, 0.15) is 25.3 Å². The summed E-state index contributed by atoms with van der Waals surface area (Å²) in [7, 11) is 0. The lowest BCUT2D eigenvalue weighted by Crippen LogP contribution is -2.16. The largest absolute Gasteiger partial charge is 0.493 e. The van der Waals surface area contributed by atoms with Gasteiger partial charge >= 0.3 is 0 Å². The molecule has 0 fully saturated rings. The number of rotatable bonds is 5. The summed E-state index contributed by atoms with van der Waals surface area (Å²) < 4.78 is 1.04. The highest BCUT2D eigenvalue weighted by atomic mass is 32.1. The Balaban J connectivity index is 1.87. The van der Waals surface area contributed by atoms with Gasteiger partial charge in [-0.15, -0.1) is 0 Å². The van der Waals surface area contributed by atoms with E-state index in [0.29, 0.717) is 17.1 Å². The van der Waals surface area contributed by atoms with E-state index >= 15 is 0 Å². The quantitative estimate of drug-likeness (QED) is 0.672. The Kier molecular flexibility index (Phi) is 4.06. The predicted octanol–water partition coefficient (Wildman–Crippen LogP) is 3.17. The Morgan fingerprint density at radius 2 is 2.14 bits per heavy atom. The zero-order valence-electron chi connectivity index (χ0n) is 12.1. The van der Waals surface area contributed by atoms with Crippen LogP contribution in [0.25, 0.3) is 10.2 Å². The fraction of sp³-hybridized carbons (Fsp3) is 0.267. The summed E-state index contributed by atoms with van der Waals surface area (Å²) in [5, 5.41) is 13.5. The van der Waals surface area contributed by atoms with Crippen LogP contribution >= 0.6 is 11.3 Å². The summed E-state index contributed by atoms with van der Waals surface area (Å²) in [5.41, 5.74) is 0.891. The maximum atomic E-state index is 12.0. The molecule has 6 nitrogen and oxygen atoms in total. The minimum absolute atomic E-state index is 0.196. The summed E-state index contributed by atoms with van der Waals surface area (Å²) in [4.78, 5) is 23.1. The molecule has 0 aliphatic rings. The van der Waals surface area contributed by atoms with Crippen molar-refractivity contribution in [2.45, 2.75) is 26.2 Å². The summed E-state index contributed by atoms with van der Waals surface area (Å²) in [5.74, 6) is -0.0254. The number of anilines is 2. The number of nitrogens with zero attached hydrogens (tertiary/aromatic N) is 2. The van der Waals surface area contributed by atoms with Gasteiger partial charge in [0.05, 0.1) is 15.8 Å². The molecule has 0 saturated carbocycles. The molecule has 2 aromatic heterocycles. The molecule has 0 atom stereocenters. The Bertz CT molecular complexity index is 823. The average Bonchev–Trinajstić information content (AvgIpc) is 2.88. The molecule has 0 bridgehead atoms. The van der Waals surface area contributed by atoms with Gasteiger partial charge in [-0.2, -0.15) is 4.98 Å². The van der Waals surface area contributed by atoms with Crippen LogP contribution in [0.4, 0.5) is 11.1 Å². The number of unbranched alkanes of at least 4 members (excludes halogenated alkanes) is 1. The molecule has 0 radical (unpaired) electrons. The van der Waals surface area contributed by atoms with Gasteiger partial charge in [-0.1, -0.05) is 36.8 Å². The predicted molar refractivity (Wildman–Crippen MR) is 88.0 cm³/mol. The van der Waals surface area contributed by atoms with Crippen LogP contribution in [0, 0.1) is 0 Å². The summed E-state index contributed by atoms with van der Waals surface area (Å²) in [6.07, 6.45) is 2.31. The number of para-hydroxylation sites is 1. The third kappa shape index (κ3) is 2.94. The molecule has 0 aliphatic carbocycles. The molecule has 0 amide bonds. The summed E-state index contributed by atoms with van der Waals surface area (Å²) >= 11 is 1.46. The molecule has 0 saturated heterocycles. The highest BCUT2D eigenvalue weighted by molar-refractivity contribution is 7.22. The van der Waals surface area contributed by atoms with Crippen molar-refractivity contribution in [1.82, 2.24) is 15.0 Å². The summed E-state index contributed by atoms with van der Waals surface area (Å²) in [6.45, 7) is 2.03. The first-order valence-corrected chi connectivity index (χ1v) is 7.93. The van der Waals surface area contributed by atoms with Crippen LogP contribution in [-0.4, -0.2) is 20.1 Å². The van der Waals surface area contributed by atoms with Crippen LogP contribution in [0.5, 0.6) is 5.88 Å². The molecule has 0 aliphatic heterocycles. The van der Waals surface area contributed by atoms with Crippen LogP contribution < -0.4 is 10.9 Å². The van der Waals surface area contributed by atoms with Crippen molar-refractivity contribution >= 4 is 32.6 Å². The van der Waals surface area contributed by atoms with Crippen molar-refractivity contribution in [3.63, 3.8) is 0 Å². The van der Waals surface area contributed by atoms with E-state index < -0.39 is 0 Å². The van der Waals surface area contributed by atoms with Crippen molar-refractivity contribution in [3.05, 3.63) is 40.2 Å². The second-order valence-electron chi connectivity index (χ2n) is 4.93. The van der Waals surface area contributed by atoms with E-state index in [9.17, 15) is 9.90 Å². The number of aromatic nitrogens is 3. The van der Waals surface area contributed by atoms with Crippen molar-refractivity contribution in [2.24, 2.45) is 0 Å². The molecule has 3 aromatic rings. The zero-order chi connectivity index (χ0) is 15.5. The van der Waals surface area contributed by atoms with E-state index in [-0.39, 0.29) is 17.4 Å². The lowest BCUT2D eigenvalue weighted by atomic mass is 10.1. The minimum Gasteiger partial charge on any atom is -0.493 e. The van der Waals surface area contributed by atoms with Gasteiger partial charge < -0.3 is 10.4 Å². The number of hydrogen-bond acceptors (Lipinski definition) is 6. The number of fused-ring (bicyclic) bond motifs is 1. The summed E-state index contributed by atoms with van der Waals surface area (Å²) in [6, 6.07) is 7.75. The molecule has 22 heavy (non-hydrogen) atoms. The third-order valence-corrected chi connectivity index (χ3v) is 4.25. The van der Waals surface area contributed by atoms with Gasteiger partial charge in [0.1, 0.15) is 0 Å². The first-order valence-electron chi connectivity index (χ1n) is 7.12. The highest BCUT2D eigenvalue weighted by Gasteiger charge is 2.11. The van der Waals surface area contributed by atoms with E-state index in [1.807, 2.05) is 31.2 Å². The van der Waals surface area contributed by atoms with Gasteiger partial charge in [-0.3, -0.25) is 9.78 Å². The lowest BCUT2D eigenvalue weighted by Gasteiger charge is -2.05. The number of aromatic amines is 1. The van der Waals surface area contributed by atoms with Crippen molar-refractivity contribution in [3.8, 4) is 5.88 Å². The number of nitrogens with one attached hydrogen (secondary N) is 2. The number of H-pyrrole nitrogens is 1. The van der Waals surface area contributed by atoms with Crippen LogP contribution in [0.2, 0.25) is 0 Å². The molecule has 3 rings (SSSR count). The molecular weight excluding hydrogens is 300 g/mol. The van der Waals surface area contributed by atoms with Gasteiger partial charge in [-0.05, 0) is 25.0 Å². The van der Waals surface area contributed by atoms with Gasteiger partial charge in [-0.25, -0.2) is 4.98 Å². The Morgan fingerprint density at radius 1 is 1.32 bits per heavy atom. The maximum absolute atomic E-state index is 12.0. The number of aromatic hydroxyl groups is 1. The van der Waals surface area contributed by atoms with E-state index in [2.05, 4.69) is 20.3 Å². The van der Waals surface area contributed by atoms with Crippen LogP contribution in [0.3, 0.4) is 0 Å². The topological polar surface area (TPSA) is 90.9 Å². The average molecular weight is 316 g/mol. The SMILES string of the molecule is CCCCc1c(O)nc(Nc2nc3ccccc3s2)[nH]c1=O. The molecule has 7 heteroatoms. The molecule has 1 aromatic carbocycles. The fourth-order valence-electron chi connectivity index (χ4n) is 2.15. The van der Waals surface area contributed by atoms with Crippen LogP contribution in [0.15, 0.2) is 29.1 Å². The number of thiazole rings is 1. The standard InChI is InChI=1S/C15H16N4O2S/c1-2-3-6-9-12(20)17-14(18-13(9)21)19-15-16-10-7-4-5-8-11(10)22-15/h4-5,7-8H,2-3,6H2,1H3,(H3,16,17,18,19,20,21). The van der Waals surface area contributed by atoms with Crippen molar-refractivity contribution < 1.29 is 5.11 Å². The maximum Gasteiger partial charge on any atom is 0.259 e. The van der Waals surface area contributed by atoms with Gasteiger partial charge in [0.2, 0.25) is 11.8 Å². The number of hydrogen-bond donors (Lipinski definition) is 3. The molecule has 114 valence electrons. The van der Waals surface area contributed by atoms with E-state index in [4.69, 9.17) is 0 Å². The molecule has 0 unspecified atom stereocenters. The highest BCUT2D eigenvalue weighted by Crippen LogP contribution is 2.27. The van der Waals surface area contributed by atoms with E-state index in [0.717, 1.165) is 23.1 Å². The smallest absolute Gasteiger partial charge is 0.259 e. The fourth-order valence-corrected chi connectivity index (χ4v) is 3.02. The molecule has 0 spiro atoms. The first-order chi connectivity index (χ1) is 10.7. The Labute approximate surface area is 130 Å². The van der Waals surface area contributed by atoms with Crippen molar-refractivity contribution in [2.75, 3.05) is 5.32 Å². The Morgan fingerprint density at radius 3 is 2.86 bits per heavy atom. The second kappa shape index (κ2) is 6.15. The second-order valence-corrected chi connectivity index (χ2v) is 5.96. The normalized spacial score (nSPS) is 11.0. The van der Waals surface area contributed by atoms with Gasteiger partial charge in [0, 0.05) is 0 Å². The monoisotopic (exact) mass is 316 g/mol. The first kappa shape index (κ1) is 14.5. The number of benzene rings is 1. The lowest BCUT2D eigenvalue weighted by molar-refractivity contribution is 0.443. The Hall–Kier alpha value is -2.41. The minimum atomic E-state index is -0.315. The van der Waals surface area contributed by atoms with E-state index in [1.54, 1.807) is 0 Å².